The van der Waals surface area contributed by atoms with Crippen LogP contribution in [0.2, 0.25) is 0 Å². The monoisotopic (exact) mass is 210 g/mol. The Bertz CT molecular complexity index is 324. The van der Waals surface area contributed by atoms with E-state index in [1.54, 1.807) is 18.3 Å². The predicted octanol–water partition coefficient (Wildman–Crippen LogP) is 0.0718. The number of aliphatic hydroxyl groups excluding tert-OH is 2. The number of carbonyl (C=O) groups excluding carboxylic acids is 1. The van der Waals surface area contributed by atoms with Crippen molar-refractivity contribution in [1.29, 1.82) is 0 Å². The number of aryl methyl sites for hydroxylation is 1. The molecule has 15 heavy (non-hydrogen) atoms. The first-order valence-corrected chi connectivity index (χ1v) is 4.66. The van der Waals surface area contributed by atoms with Crippen LogP contribution in [0.3, 0.4) is 0 Å². The van der Waals surface area contributed by atoms with E-state index in [0.29, 0.717) is 5.82 Å². The van der Waals surface area contributed by atoms with Gasteiger partial charge in [-0.05, 0) is 18.6 Å². The van der Waals surface area contributed by atoms with Crippen molar-refractivity contribution in [2.45, 2.75) is 19.4 Å². The van der Waals surface area contributed by atoms with Gasteiger partial charge in [0, 0.05) is 19.2 Å². The number of aliphatic hydroxyl groups is 2. The summed E-state index contributed by atoms with van der Waals surface area (Å²) < 4.78 is 0. The van der Waals surface area contributed by atoms with Crippen molar-refractivity contribution in [3.05, 3.63) is 23.9 Å². The first kappa shape index (κ1) is 11.6. The zero-order chi connectivity index (χ0) is 11.3. The van der Waals surface area contributed by atoms with Crippen molar-refractivity contribution >= 4 is 11.7 Å². The number of anilines is 1. The molecule has 1 unspecified atom stereocenters. The van der Waals surface area contributed by atoms with Gasteiger partial charge in [0.25, 0.3) is 5.91 Å². The Morgan fingerprint density at radius 1 is 1.60 bits per heavy atom. The van der Waals surface area contributed by atoms with Gasteiger partial charge in [-0.2, -0.15) is 0 Å². The van der Waals surface area contributed by atoms with Gasteiger partial charge in [0.15, 0.2) is 0 Å². The highest BCUT2D eigenvalue weighted by Crippen LogP contribution is 2.05. The topological polar surface area (TPSA) is 82.5 Å². The zero-order valence-electron chi connectivity index (χ0n) is 8.47. The zero-order valence-corrected chi connectivity index (χ0v) is 8.47. The van der Waals surface area contributed by atoms with Crippen LogP contribution in [-0.4, -0.2) is 33.8 Å². The number of hydrogen-bond donors (Lipinski definition) is 3. The highest BCUT2D eigenvalue weighted by molar-refractivity contribution is 5.93. The van der Waals surface area contributed by atoms with Gasteiger partial charge in [-0.1, -0.05) is 6.07 Å². The number of rotatable bonds is 4. The number of nitrogens with zero attached hydrogens (tertiary/aromatic N) is 1. The number of pyridine rings is 1. The molecule has 0 aliphatic carbocycles. The van der Waals surface area contributed by atoms with Gasteiger partial charge in [-0.25, -0.2) is 4.98 Å². The second-order valence-electron chi connectivity index (χ2n) is 3.24. The highest BCUT2D eigenvalue weighted by Gasteiger charge is 2.14. The second kappa shape index (κ2) is 5.43. The summed E-state index contributed by atoms with van der Waals surface area (Å²) in [6, 6.07) is 3.46. The predicted molar refractivity (Wildman–Crippen MR) is 55.3 cm³/mol. The fourth-order valence-electron chi connectivity index (χ4n) is 1.00. The first-order chi connectivity index (χ1) is 7.13. The third-order valence-corrected chi connectivity index (χ3v) is 1.87. The summed E-state index contributed by atoms with van der Waals surface area (Å²) >= 11 is 0. The van der Waals surface area contributed by atoms with Crippen LogP contribution < -0.4 is 5.32 Å². The lowest BCUT2D eigenvalue weighted by Gasteiger charge is -2.09. The fraction of sp³-hybridized carbons (Fsp3) is 0.400. The van der Waals surface area contributed by atoms with E-state index in [9.17, 15) is 9.90 Å². The summed E-state index contributed by atoms with van der Waals surface area (Å²) in [6.07, 6.45) is 0.448. The van der Waals surface area contributed by atoms with Crippen LogP contribution in [-0.2, 0) is 4.79 Å². The van der Waals surface area contributed by atoms with E-state index in [-0.39, 0.29) is 13.0 Å². The molecule has 0 aromatic carbocycles. The van der Waals surface area contributed by atoms with Gasteiger partial charge in [-0.3, -0.25) is 4.79 Å². The molecule has 0 aliphatic heterocycles. The summed E-state index contributed by atoms with van der Waals surface area (Å²) in [5.74, 6) is -0.164. The molecule has 1 aromatic heterocycles. The molecule has 5 heteroatoms. The number of hydrogen-bond acceptors (Lipinski definition) is 4. The number of carbonyl (C=O) groups is 1. The van der Waals surface area contributed by atoms with Gasteiger partial charge < -0.3 is 15.5 Å². The normalized spacial score (nSPS) is 12.2. The Hall–Kier alpha value is -1.46. The quantitative estimate of drug-likeness (QED) is 0.657. The summed E-state index contributed by atoms with van der Waals surface area (Å²) in [4.78, 5) is 15.2. The lowest BCUT2D eigenvalue weighted by molar-refractivity contribution is -0.124. The Labute approximate surface area is 87.8 Å². The Morgan fingerprint density at radius 3 is 2.87 bits per heavy atom. The van der Waals surface area contributed by atoms with Crippen LogP contribution in [0.15, 0.2) is 18.3 Å². The van der Waals surface area contributed by atoms with Crippen LogP contribution >= 0.6 is 0 Å². The van der Waals surface area contributed by atoms with Crippen molar-refractivity contribution in [2.75, 3.05) is 11.9 Å². The molecule has 1 rings (SSSR count). The molecule has 0 saturated carbocycles. The number of nitrogens with one attached hydrogen (secondary N) is 1. The van der Waals surface area contributed by atoms with Gasteiger partial charge in [-0.15, -0.1) is 0 Å². The van der Waals surface area contributed by atoms with Crippen molar-refractivity contribution in [2.24, 2.45) is 0 Å². The largest absolute Gasteiger partial charge is 0.396 e. The van der Waals surface area contributed by atoms with E-state index in [2.05, 4.69) is 10.3 Å². The average Bonchev–Trinajstić information content (AvgIpc) is 2.22. The maximum atomic E-state index is 11.3. The van der Waals surface area contributed by atoms with Crippen LogP contribution in [0.5, 0.6) is 0 Å². The number of amides is 1. The summed E-state index contributed by atoms with van der Waals surface area (Å²) in [7, 11) is 0. The molecule has 0 radical (unpaired) electrons. The summed E-state index contributed by atoms with van der Waals surface area (Å²) in [5, 5.41) is 20.2. The van der Waals surface area contributed by atoms with Crippen LogP contribution in [0.25, 0.3) is 0 Å². The van der Waals surface area contributed by atoms with Gasteiger partial charge in [0.2, 0.25) is 0 Å². The Kier molecular flexibility index (Phi) is 4.20. The van der Waals surface area contributed by atoms with E-state index in [0.717, 1.165) is 5.56 Å². The minimum absolute atomic E-state index is 0.0255. The smallest absolute Gasteiger partial charge is 0.254 e. The molecule has 0 bridgehead atoms. The molecular formula is C10H14N2O3. The maximum Gasteiger partial charge on any atom is 0.254 e. The van der Waals surface area contributed by atoms with Gasteiger partial charge >= 0.3 is 0 Å². The molecule has 1 heterocycles. The van der Waals surface area contributed by atoms with Crippen LogP contribution in [0, 0.1) is 6.92 Å². The molecule has 1 aromatic rings. The second-order valence-corrected chi connectivity index (χ2v) is 3.24. The van der Waals surface area contributed by atoms with Crippen molar-refractivity contribution in [1.82, 2.24) is 4.98 Å². The molecule has 3 N–H and O–H groups in total. The molecule has 1 amide bonds. The summed E-state index contributed by atoms with van der Waals surface area (Å²) in [6.45, 7) is 1.66. The molecule has 0 spiro atoms. The van der Waals surface area contributed by atoms with Gasteiger partial charge in [0.1, 0.15) is 11.9 Å². The van der Waals surface area contributed by atoms with Crippen molar-refractivity contribution < 1.29 is 15.0 Å². The van der Waals surface area contributed by atoms with E-state index < -0.39 is 12.0 Å². The fourth-order valence-corrected chi connectivity index (χ4v) is 1.00. The first-order valence-electron chi connectivity index (χ1n) is 4.66. The highest BCUT2D eigenvalue weighted by atomic mass is 16.3. The molecule has 0 saturated heterocycles. The molecule has 1 atom stereocenters. The van der Waals surface area contributed by atoms with E-state index >= 15 is 0 Å². The third kappa shape index (κ3) is 3.65. The van der Waals surface area contributed by atoms with Crippen LogP contribution in [0.1, 0.15) is 12.0 Å². The van der Waals surface area contributed by atoms with Crippen molar-refractivity contribution in [3.8, 4) is 0 Å². The molecule has 0 fully saturated rings. The SMILES string of the molecule is Cc1ccc(NC(=O)C(O)CCO)nc1. The standard InChI is InChI=1S/C10H14N2O3/c1-7-2-3-9(11-6-7)12-10(15)8(14)4-5-13/h2-3,6,8,13-14H,4-5H2,1H3,(H,11,12,15). The Morgan fingerprint density at radius 2 is 2.33 bits per heavy atom. The van der Waals surface area contributed by atoms with Gasteiger partial charge in [0.05, 0.1) is 0 Å². The Balaban J connectivity index is 2.54. The molecule has 82 valence electrons. The van der Waals surface area contributed by atoms with E-state index in [4.69, 9.17) is 5.11 Å². The lowest BCUT2D eigenvalue weighted by Crippen LogP contribution is -2.28. The number of aromatic nitrogens is 1. The third-order valence-electron chi connectivity index (χ3n) is 1.87. The molecule has 0 aliphatic rings. The molecular weight excluding hydrogens is 196 g/mol. The maximum absolute atomic E-state index is 11.3. The minimum Gasteiger partial charge on any atom is -0.396 e. The van der Waals surface area contributed by atoms with E-state index in [1.165, 1.54) is 0 Å². The average molecular weight is 210 g/mol. The minimum atomic E-state index is -1.20. The lowest BCUT2D eigenvalue weighted by atomic mass is 10.2. The molecule has 5 nitrogen and oxygen atoms in total. The van der Waals surface area contributed by atoms with E-state index in [1.807, 2.05) is 6.92 Å². The van der Waals surface area contributed by atoms with Crippen LogP contribution in [0.4, 0.5) is 5.82 Å². The van der Waals surface area contributed by atoms with Crippen molar-refractivity contribution in [3.63, 3.8) is 0 Å². The summed E-state index contributed by atoms with van der Waals surface area (Å²) in [5.41, 5.74) is 0.990.